The lowest BCUT2D eigenvalue weighted by Crippen LogP contribution is -2.17. The first kappa shape index (κ1) is 5.88. The number of carbonyl (C=O) groups is 1. The van der Waals surface area contributed by atoms with Crippen LogP contribution in [0.25, 0.3) is 0 Å². The van der Waals surface area contributed by atoms with Gasteiger partial charge >= 0.3 is 6.16 Å². The van der Waals surface area contributed by atoms with E-state index in [4.69, 9.17) is 0 Å². The number of carbonyl (C=O) groups excluding carboxylic acids is 1. The fraction of sp³-hybridized carbons (Fsp3) is 0.167. The molecule has 0 amide bonds. The summed E-state index contributed by atoms with van der Waals surface area (Å²) in [5.74, 6) is 0.297. The molecule has 0 spiro atoms. The molecule has 3 nitrogen and oxygen atoms in total. The van der Waals surface area contributed by atoms with Gasteiger partial charge < -0.3 is 9.47 Å². The van der Waals surface area contributed by atoms with Crippen LogP contribution in [0.15, 0.2) is 24.5 Å². The van der Waals surface area contributed by atoms with Gasteiger partial charge in [-0.25, -0.2) is 4.79 Å². The number of ether oxygens (including phenoxy) is 2. The molecule has 0 aromatic rings. The topological polar surface area (TPSA) is 35.5 Å². The molecular formula is C6H6O3. The zero-order chi connectivity index (χ0) is 6.85. The number of rotatable bonds is 0. The van der Waals surface area contributed by atoms with Gasteiger partial charge in [0.05, 0.1) is 0 Å². The third-order valence-electron chi connectivity index (χ3n) is 0.965. The van der Waals surface area contributed by atoms with Crippen molar-refractivity contribution in [1.82, 2.24) is 0 Å². The second kappa shape index (κ2) is 1.93. The molecule has 0 bridgehead atoms. The average molecular weight is 126 g/mol. The molecule has 0 aromatic heterocycles. The molecule has 1 aliphatic heterocycles. The molecule has 0 aliphatic carbocycles. The van der Waals surface area contributed by atoms with E-state index in [1.54, 1.807) is 0 Å². The molecule has 48 valence electrons. The first-order chi connectivity index (χ1) is 4.20. The van der Waals surface area contributed by atoms with Gasteiger partial charge in [-0.05, 0) is 0 Å². The number of cyclic esters (lactones) is 2. The molecule has 0 saturated carbocycles. The summed E-state index contributed by atoms with van der Waals surface area (Å²) in [6.07, 6.45) is -0.701. The molecule has 3 heteroatoms. The second-order valence-corrected chi connectivity index (χ2v) is 1.67. The molecular weight excluding hydrogens is 120 g/mol. The van der Waals surface area contributed by atoms with E-state index in [0.717, 1.165) is 0 Å². The lowest BCUT2D eigenvalue weighted by atomic mass is 10.3. The van der Waals surface area contributed by atoms with E-state index in [1.165, 1.54) is 0 Å². The average Bonchev–Trinajstić information content (AvgIpc) is 1.80. The lowest BCUT2D eigenvalue weighted by Gasteiger charge is -2.14. The van der Waals surface area contributed by atoms with Crippen LogP contribution in [-0.2, 0) is 9.47 Å². The van der Waals surface area contributed by atoms with Crippen molar-refractivity contribution >= 4 is 6.16 Å². The fourth-order valence-corrected chi connectivity index (χ4v) is 0.429. The van der Waals surface area contributed by atoms with Crippen LogP contribution in [0.2, 0.25) is 0 Å². The highest BCUT2D eigenvalue weighted by atomic mass is 16.7. The Kier molecular flexibility index (Phi) is 1.26. The molecule has 0 unspecified atom stereocenters. The van der Waals surface area contributed by atoms with E-state index in [9.17, 15) is 4.79 Å². The van der Waals surface area contributed by atoms with Gasteiger partial charge in [-0.15, -0.1) is 0 Å². The van der Waals surface area contributed by atoms with Crippen molar-refractivity contribution in [3.8, 4) is 0 Å². The minimum absolute atomic E-state index is 0.192. The first-order valence-corrected chi connectivity index (χ1v) is 2.42. The smallest absolute Gasteiger partial charge is 0.429 e. The summed E-state index contributed by atoms with van der Waals surface area (Å²) in [4.78, 5) is 10.3. The molecule has 1 rings (SSSR count). The number of hydrogen-bond donors (Lipinski definition) is 0. The summed E-state index contributed by atoms with van der Waals surface area (Å²) >= 11 is 0. The third kappa shape index (κ3) is 1.10. The van der Waals surface area contributed by atoms with Crippen molar-refractivity contribution in [3.63, 3.8) is 0 Å². The Morgan fingerprint density at radius 3 is 2.56 bits per heavy atom. The van der Waals surface area contributed by atoms with Crippen molar-refractivity contribution in [2.45, 2.75) is 0 Å². The molecule has 0 aromatic carbocycles. The molecule has 0 radical (unpaired) electrons. The summed E-state index contributed by atoms with van der Waals surface area (Å²) in [7, 11) is 0. The summed E-state index contributed by atoms with van der Waals surface area (Å²) in [5.41, 5.74) is 0.606. The van der Waals surface area contributed by atoms with Crippen molar-refractivity contribution in [2.75, 3.05) is 6.61 Å². The van der Waals surface area contributed by atoms with Crippen molar-refractivity contribution < 1.29 is 14.3 Å². The largest absolute Gasteiger partial charge is 0.514 e. The van der Waals surface area contributed by atoms with E-state index < -0.39 is 6.16 Å². The van der Waals surface area contributed by atoms with Gasteiger partial charge in [0.15, 0.2) is 0 Å². The molecule has 9 heavy (non-hydrogen) atoms. The Labute approximate surface area is 52.6 Å². The standard InChI is InChI=1S/C6H6O3/c1-4-3-8-6(7)9-5(4)2/h1-3H2. The molecule has 1 aliphatic rings. The molecule has 0 atom stereocenters. The zero-order valence-electron chi connectivity index (χ0n) is 4.85. The lowest BCUT2D eigenvalue weighted by molar-refractivity contribution is 0.0685. The van der Waals surface area contributed by atoms with Gasteiger partial charge in [0.1, 0.15) is 12.4 Å². The Bertz CT molecular complexity index is 181. The van der Waals surface area contributed by atoms with Gasteiger partial charge in [-0.2, -0.15) is 0 Å². The van der Waals surface area contributed by atoms with E-state index in [2.05, 4.69) is 22.6 Å². The van der Waals surface area contributed by atoms with Crippen LogP contribution in [0.1, 0.15) is 0 Å². The van der Waals surface area contributed by atoms with Gasteiger partial charge in [0, 0.05) is 5.57 Å². The van der Waals surface area contributed by atoms with Crippen LogP contribution in [0.5, 0.6) is 0 Å². The SMILES string of the molecule is C=C1COC(=O)OC1=C. The summed E-state index contributed by atoms with van der Waals surface area (Å²) in [6, 6.07) is 0. The predicted octanol–water partition coefficient (Wildman–Crippen LogP) is 1.22. The highest BCUT2D eigenvalue weighted by molar-refractivity contribution is 5.64. The molecule has 1 heterocycles. The minimum atomic E-state index is -0.701. The summed E-state index contributed by atoms with van der Waals surface area (Å²) in [5, 5.41) is 0. The van der Waals surface area contributed by atoms with E-state index in [-0.39, 0.29) is 6.61 Å². The zero-order valence-corrected chi connectivity index (χ0v) is 4.85. The Balaban J connectivity index is 2.64. The molecule has 1 saturated heterocycles. The highest BCUT2D eigenvalue weighted by Gasteiger charge is 2.16. The van der Waals surface area contributed by atoms with E-state index >= 15 is 0 Å². The normalized spacial score (nSPS) is 18.9. The second-order valence-electron chi connectivity index (χ2n) is 1.67. The summed E-state index contributed by atoms with van der Waals surface area (Å²) in [6.45, 7) is 7.14. The monoisotopic (exact) mass is 126 g/mol. The third-order valence-corrected chi connectivity index (χ3v) is 0.965. The van der Waals surface area contributed by atoms with Gasteiger partial charge in [0.25, 0.3) is 0 Å². The maximum absolute atomic E-state index is 10.3. The highest BCUT2D eigenvalue weighted by Crippen LogP contribution is 2.13. The maximum atomic E-state index is 10.3. The predicted molar refractivity (Wildman–Crippen MR) is 30.7 cm³/mol. The van der Waals surface area contributed by atoms with Crippen LogP contribution in [0.3, 0.4) is 0 Å². The quantitative estimate of drug-likeness (QED) is 0.458. The Morgan fingerprint density at radius 1 is 1.44 bits per heavy atom. The van der Waals surface area contributed by atoms with Gasteiger partial charge in [-0.1, -0.05) is 13.2 Å². The van der Waals surface area contributed by atoms with Crippen LogP contribution in [-0.4, -0.2) is 12.8 Å². The van der Waals surface area contributed by atoms with Crippen molar-refractivity contribution in [1.29, 1.82) is 0 Å². The number of hydrogen-bond acceptors (Lipinski definition) is 3. The Morgan fingerprint density at radius 2 is 2.11 bits per heavy atom. The Hall–Kier alpha value is -1.25. The first-order valence-electron chi connectivity index (χ1n) is 2.42. The van der Waals surface area contributed by atoms with Crippen molar-refractivity contribution in [3.05, 3.63) is 24.5 Å². The fourth-order valence-electron chi connectivity index (χ4n) is 0.429. The van der Waals surface area contributed by atoms with Crippen LogP contribution < -0.4 is 0 Å². The van der Waals surface area contributed by atoms with Gasteiger partial charge in [0.2, 0.25) is 0 Å². The van der Waals surface area contributed by atoms with Crippen LogP contribution in [0, 0.1) is 0 Å². The van der Waals surface area contributed by atoms with E-state index in [1.807, 2.05) is 0 Å². The van der Waals surface area contributed by atoms with Crippen LogP contribution in [0.4, 0.5) is 4.79 Å². The molecule has 1 fully saturated rings. The van der Waals surface area contributed by atoms with E-state index in [0.29, 0.717) is 11.3 Å². The van der Waals surface area contributed by atoms with Crippen LogP contribution >= 0.6 is 0 Å². The van der Waals surface area contributed by atoms with Gasteiger partial charge in [-0.3, -0.25) is 0 Å². The van der Waals surface area contributed by atoms with Crippen molar-refractivity contribution in [2.24, 2.45) is 0 Å². The summed E-state index contributed by atoms with van der Waals surface area (Å²) < 4.78 is 8.88. The molecule has 0 N–H and O–H groups in total. The maximum Gasteiger partial charge on any atom is 0.514 e. The minimum Gasteiger partial charge on any atom is -0.429 e.